The van der Waals surface area contributed by atoms with E-state index in [0.717, 1.165) is 10.8 Å². The number of aryl methyl sites for hydroxylation is 1. The molecule has 3 nitrogen and oxygen atoms in total. The summed E-state index contributed by atoms with van der Waals surface area (Å²) in [6, 6.07) is 15.7. The second-order valence-electron chi connectivity index (χ2n) is 6.21. The Morgan fingerprint density at radius 3 is 2.38 bits per heavy atom. The fourth-order valence-electron chi connectivity index (χ4n) is 2.59. The number of hydrogen-bond donors (Lipinski definition) is 2. The van der Waals surface area contributed by atoms with Crippen LogP contribution < -0.4 is 0 Å². The van der Waals surface area contributed by atoms with Crippen LogP contribution in [0, 0.1) is 18.8 Å². The molecular weight excluding hydrogens is 509 g/mol. The number of fused-ring (bicyclic) bond motifs is 1. The van der Waals surface area contributed by atoms with E-state index in [1.165, 1.54) is 11.6 Å². The Labute approximate surface area is 167 Å². The van der Waals surface area contributed by atoms with Gasteiger partial charge >= 0.3 is 0 Å². The predicted octanol–water partition coefficient (Wildman–Crippen LogP) is 4.29. The van der Waals surface area contributed by atoms with Crippen LogP contribution in [0.25, 0.3) is 22.0 Å². The van der Waals surface area contributed by atoms with E-state index in [2.05, 4.69) is 17.1 Å². The van der Waals surface area contributed by atoms with Gasteiger partial charge in [-0.15, -0.1) is 24.3 Å². The van der Waals surface area contributed by atoms with Crippen LogP contribution in [0.3, 0.4) is 0 Å². The zero-order chi connectivity index (χ0) is 18.4. The number of nitrogens with zero attached hydrogens (tertiary/aromatic N) is 1. The van der Waals surface area contributed by atoms with Crippen LogP contribution in [-0.2, 0) is 20.1 Å². The van der Waals surface area contributed by atoms with Gasteiger partial charge in [0, 0.05) is 32.1 Å². The topological polar surface area (TPSA) is 53.4 Å². The normalized spacial score (nSPS) is 12.5. The van der Waals surface area contributed by atoms with Crippen LogP contribution in [0.1, 0.15) is 25.8 Å². The van der Waals surface area contributed by atoms with Crippen LogP contribution in [0.5, 0.6) is 0 Å². The van der Waals surface area contributed by atoms with Crippen molar-refractivity contribution in [2.75, 3.05) is 0 Å². The molecule has 1 heterocycles. The Morgan fingerprint density at radius 1 is 1.12 bits per heavy atom. The summed E-state index contributed by atoms with van der Waals surface area (Å²) in [4.78, 5) is 4.30. The van der Waals surface area contributed by atoms with E-state index in [-0.39, 0.29) is 38.1 Å². The number of aliphatic hydroxyl groups is 2. The van der Waals surface area contributed by atoms with Crippen molar-refractivity contribution in [2.45, 2.75) is 39.4 Å². The third kappa shape index (κ3) is 6.26. The van der Waals surface area contributed by atoms with E-state index in [9.17, 15) is 4.39 Å². The van der Waals surface area contributed by atoms with Gasteiger partial charge in [0.25, 0.3) is 0 Å². The van der Waals surface area contributed by atoms with Crippen molar-refractivity contribution in [3.05, 3.63) is 66.1 Å². The Hall–Kier alpha value is -1.65. The molecule has 0 amide bonds. The van der Waals surface area contributed by atoms with Crippen LogP contribution in [-0.4, -0.2) is 27.4 Å². The van der Waals surface area contributed by atoms with Crippen molar-refractivity contribution >= 4 is 10.8 Å². The summed E-state index contributed by atoms with van der Waals surface area (Å²) < 4.78 is 13.8. The molecule has 0 aliphatic heterocycles. The third-order valence-electron chi connectivity index (χ3n) is 3.64. The Balaban J connectivity index is 0.000000366. The van der Waals surface area contributed by atoms with E-state index >= 15 is 0 Å². The quantitative estimate of drug-likeness (QED) is 0.495. The Bertz CT molecular complexity index is 831. The average molecular weight is 533 g/mol. The van der Waals surface area contributed by atoms with Gasteiger partial charge in [-0.2, -0.15) is 0 Å². The molecule has 2 unspecified atom stereocenters. The van der Waals surface area contributed by atoms with Gasteiger partial charge in [-0.05, 0) is 49.7 Å². The molecular formula is C21H23FIrNO2-. The molecule has 0 fully saturated rings. The standard InChI is InChI=1S/C16H11FN.C5H12O2.Ir/c1-11-6-7-13-12(10-11)8-9-18-16(13)14-4-2-3-5-15(14)17;1-4(6)3-5(2)7;/h2-3,5-10H,1H3;4-7H,3H2,1-2H3;/q-1;;. The number of hydrogen-bond acceptors (Lipinski definition) is 3. The summed E-state index contributed by atoms with van der Waals surface area (Å²) in [6.45, 7) is 5.36. The molecule has 0 aliphatic carbocycles. The summed E-state index contributed by atoms with van der Waals surface area (Å²) in [5.74, 6) is -0.293. The number of aromatic nitrogens is 1. The first kappa shape index (κ1) is 22.4. The zero-order valence-corrected chi connectivity index (χ0v) is 17.4. The molecule has 2 N–H and O–H groups in total. The van der Waals surface area contributed by atoms with Gasteiger partial charge in [0.1, 0.15) is 0 Å². The molecule has 0 bridgehead atoms. The number of benzene rings is 2. The minimum absolute atomic E-state index is 0. The second-order valence-corrected chi connectivity index (χ2v) is 6.21. The SMILES string of the molecule is CC(O)CC(C)O.Cc1ccc2c(-c3[c-]cccc3F)nccc2c1.[Ir]. The van der Waals surface area contributed by atoms with Gasteiger partial charge in [-0.1, -0.05) is 29.3 Å². The maximum atomic E-state index is 13.8. The molecule has 0 spiro atoms. The first-order valence-electron chi connectivity index (χ1n) is 8.26. The van der Waals surface area contributed by atoms with Gasteiger partial charge in [-0.25, -0.2) is 0 Å². The number of pyridine rings is 1. The molecule has 141 valence electrons. The van der Waals surface area contributed by atoms with Crippen LogP contribution in [0.15, 0.2) is 48.7 Å². The molecule has 5 heteroatoms. The molecule has 3 aromatic rings. The third-order valence-corrected chi connectivity index (χ3v) is 3.64. The maximum Gasteiger partial charge on any atom is 0.0536 e. The molecule has 2 atom stereocenters. The number of rotatable bonds is 3. The van der Waals surface area contributed by atoms with E-state index in [4.69, 9.17) is 10.2 Å². The van der Waals surface area contributed by atoms with Crippen LogP contribution in [0.2, 0.25) is 0 Å². The summed E-state index contributed by atoms with van der Waals surface area (Å²) in [7, 11) is 0. The fourth-order valence-corrected chi connectivity index (χ4v) is 2.59. The Morgan fingerprint density at radius 2 is 1.81 bits per heavy atom. The molecule has 1 radical (unpaired) electrons. The minimum Gasteiger partial charge on any atom is -0.393 e. The predicted molar refractivity (Wildman–Crippen MR) is 98.7 cm³/mol. The van der Waals surface area contributed by atoms with Crippen LogP contribution >= 0.6 is 0 Å². The minimum atomic E-state index is -0.375. The van der Waals surface area contributed by atoms with E-state index in [0.29, 0.717) is 17.7 Å². The average Bonchev–Trinajstić information content (AvgIpc) is 2.54. The van der Waals surface area contributed by atoms with Gasteiger partial charge in [0.2, 0.25) is 0 Å². The van der Waals surface area contributed by atoms with Gasteiger partial charge in [0.15, 0.2) is 0 Å². The van der Waals surface area contributed by atoms with Crippen molar-refractivity contribution in [1.82, 2.24) is 4.98 Å². The van der Waals surface area contributed by atoms with Crippen molar-refractivity contribution in [3.8, 4) is 11.3 Å². The second kappa shape index (κ2) is 10.5. The maximum absolute atomic E-state index is 13.8. The summed E-state index contributed by atoms with van der Waals surface area (Å²) in [5, 5.41) is 19.1. The molecule has 0 saturated heterocycles. The number of halogens is 1. The van der Waals surface area contributed by atoms with Gasteiger partial charge in [-0.3, -0.25) is 4.39 Å². The first-order chi connectivity index (χ1) is 11.9. The van der Waals surface area contributed by atoms with E-state index in [1.54, 1.807) is 32.2 Å². The summed E-state index contributed by atoms with van der Waals surface area (Å²) >= 11 is 0. The molecule has 0 aliphatic rings. The number of aliphatic hydroxyl groups excluding tert-OH is 2. The molecule has 0 saturated carbocycles. The molecule has 3 rings (SSSR count). The molecule has 1 aromatic heterocycles. The monoisotopic (exact) mass is 533 g/mol. The van der Waals surface area contributed by atoms with Crippen molar-refractivity contribution in [3.63, 3.8) is 0 Å². The fraction of sp³-hybridized carbons (Fsp3) is 0.286. The van der Waals surface area contributed by atoms with E-state index in [1.807, 2.05) is 25.1 Å². The first-order valence-corrected chi connectivity index (χ1v) is 8.26. The smallest absolute Gasteiger partial charge is 0.0536 e. The van der Waals surface area contributed by atoms with E-state index < -0.39 is 0 Å². The van der Waals surface area contributed by atoms with Crippen molar-refractivity contribution in [1.29, 1.82) is 0 Å². The molecule has 26 heavy (non-hydrogen) atoms. The van der Waals surface area contributed by atoms with Gasteiger partial charge in [0.05, 0.1) is 12.2 Å². The summed E-state index contributed by atoms with van der Waals surface area (Å²) in [6.07, 6.45) is 1.43. The summed E-state index contributed by atoms with van der Waals surface area (Å²) in [5.41, 5.74) is 2.25. The molecule has 2 aromatic carbocycles. The largest absolute Gasteiger partial charge is 0.393 e. The van der Waals surface area contributed by atoms with Crippen molar-refractivity contribution < 1.29 is 34.7 Å². The van der Waals surface area contributed by atoms with Crippen LogP contribution in [0.4, 0.5) is 4.39 Å². The van der Waals surface area contributed by atoms with Crippen molar-refractivity contribution in [2.24, 2.45) is 0 Å². The zero-order valence-electron chi connectivity index (χ0n) is 15.0. The Kier molecular flexibility index (Phi) is 9.03. The van der Waals surface area contributed by atoms with Gasteiger partial charge < -0.3 is 15.2 Å².